The van der Waals surface area contributed by atoms with Gasteiger partial charge in [-0.25, -0.2) is 4.79 Å². The van der Waals surface area contributed by atoms with Crippen LogP contribution in [0.2, 0.25) is 0 Å². The van der Waals surface area contributed by atoms with Crippen LogP contribution in [0.15, 0.2) is 18.2 Å². The zero-order valence-electron chi connectivity index (χ0n) is 16.8. The van der Waals surface area contributed by atoms with Crippen molar-refractivity contribution in [2.45, 2.75) is 52.1 Å². The molecule has 0 aliphatic carbocycles. The SMILES string of the molecule is CC(C)(C)OC(=O)N1CCC2(CC1)CCN(c1ccc([N+](=O)[O-])c(O)c1)CC2. The summed E-state index contributed by atoms with van der Waals surface area (Å²) < 4.78 is 5.47. The molecule has 0 atom stereocenters. The van der Waals surface area contributed by atoms with Gasteiger partial charge in [0.25, 0.3) is 0 Å². The van der Waals surface area contributed by atoms with Crippen LogP contribution in [0.4, 0.5) is 16.2 Å². The minimum atomic E-state index is -0.581. The van der Waals surface area contributed by atoms with Crippen LogP contribution in [-0.4, -0.2) is 52.8 Å². The number of ether oxygens (including phenoxy) is 1. The first kappa shape index (κ1) is 20.2. The Kier molecular flexibility index (Phi) is 5.41. The minimum Gasteiger partial charge on any atom is -0.502 e. The standard InChI is InChI=1S/C20H29N3O5/c1-19(2,3)28-18(25)22-12-8-20(9-13-22)6-10-21(11-7-20)15-4-5-16(23(26)27)17(24)14-15/h4-5,14,24H,6-13H2,1-3H3. The Morgan fingerprint density at radius 2 is 1.71 bits per heavy atom. The van der Waals surface area contributed by atoms with Crippen LogP contribution in [0.1, 0.15) is 46.5 Å². The van der Waals surface area contributed by atoms with E-state index in [1.54, 1.807) is 11.0 Å². The van der Waals surface area contributed by atoms with Gasteiger partial charge < -0.3 is 19.6 Å². The van der Waals surface area contributed by atoms with E-state index in [1.807, 2.05) is 20.8 Å². The molecule has 8 heteroatoms. The van der Waals surface area contributed by atoms with E-state index >= 15 is 0 Å². The van der Waals surface area contributed by atoms with Gasteiger partial charge in [0.05, 0.1) is 4.92 Å². The van der Waals surface area contributed by atoms with Crippen molar-refractivity contribution in [2.24, 2.45) is 5.41 Å². The minimum absolute atomic E-state index is 0.234. The molecule has 28 heavy (non-hydrogen) atoms. The van der Waals surface area contributed by atoms with Gasteiger partial charge in [-0.3, -0.25) is 10.1 Å². The van der Waals surface area contributed by atoms with Crippen molar-refractivity contribution in [3.8, 4) is 5.75 Å². The molecular weight excluding hydrogens is 362 g/mol. The van der Waals surface area contributed by atoms with Gasteiger partial charge in [0, 0.05) is 44.0 Å². The first-order chi connectivity index (χ1) is 13.1. The number of piperidine rings is 2. The Bertz CT molecular complexity index is 741. The molecule has 1 spiro atoms. The van der Waals surface area contributed by atoms with Gasteiger partial charge in [-0.15, -0.1) is 0 Å². The normalized spacial score (nSPS) is 19.5. The van der Waals surface area contributed by atoms with Crippen molar-refractivity contribution in [1.29, 1.82) is 0 Å². The van der Waals surface area contributed by atoms with Crippen molar-refractivity contribution >= 4 is 17.5 Å². The number of carbonyl (C=O) groups excluding carboxylic acids is 1. The lowest BCUT2D eigenvalue weighted by atomic mass is 9.71. The number of anilines is 1. The second-order valence-corrected chi connectivity index (χ2v) is 8.88. The van der Waals surface area contributed by atoms with Crippen LogP contribution in [0, 0.1) is 15.5 Å². The Labute approximate surface area is 165 Å². The van der Waals surface area contributed by atoms with Gasteiger partial charge >= 0.3 is 11.8 Å². The fourth-order valence-corrected chi connectivity index (χ4v) is 4.09. The highest BCUT2D eigenvalue weighted by molar-refractivity contribution is 5.68. The van der Waals surface area contributed by atoms with Crippen molar-refractivity contribution < 1.29 is 19.6 Å². The summed E-state index contributed by atoms with van der Waals surface area (Å²) >= 11 is 0. The second-order valence-electron chi connectivity index (χ2n) is 8.88. The predicted molar refractivity (Wildman–Crippen MR) is 106 cm³/mol. The van der Waals surface area contributed by atoms with Gasteiger partial charge in [0.1, 0.15) is 5.60 Å². The average Bonchev–Trinajstić information content (AvgIpc) is 2.61. The van der Waals surface area contributed by atoms with Crippen LogP contribution in [0.3, 0.4) is 0 Å². The number of phenolic OH excluding ortho intramolecular Hbond substituents is 1. The highest BCUT2D eigenvalue weighted by Gasteiger charge is 2.39. The van der Waals surface area contributed by atoms with Crippen LogP contribution in [-0.2, 0) is 4.74 Å². The average molecular weight is 391 g/mol. The lowest BCUT2D eigenvalue weighted by molar-refractivity contribution is -0.385. The van der Waals surface area contributed by atoms with Crippen molar-refractivity contribution in [3.05, 3.63) is 28.3 Å². The Morgan fingerprint density at radius 1 is 1.14 bits per heavy atom. The number of nitro benzene ring substituents is 1. The number of likely N-dealkylation sites (tertiary alicyclic amines) is 1. The van der Waals surface area contributed by atoms with Crippen LogP contribution in [0.25, 0.3) is 0 Å². The maximum absolute atomic E-state index is 12.3. The van der Waals surface area contributed by atoms with E-state index in [4.69, 9.17) is 4.74 Å². The monoisotopic (exact) mass is 391 g/mol. The molecule has 2 fully saturated rings. The summed E-state index contributed by atoms with van der Waals surface area (Å²) in [5.41, 5.74) is 0.294. The first-order valence-electron chi connectivity index (χ1n) is 9.79. The third kappa shape index (κ3) is 4.48. The highest BCUT2D eigenvalue weighted by atomic mass is 16.6. The summed E-state index contributed by atoms with van der Waals surface area (Å²) in [5.74, 6) is -0.298. The quantitative estimate of drug-likeness (QED) is 0.606. The summed E-state index contributed by atoms with van der Waals surface area (Å²) in [7, 11) is 0. The summed E-state index contributed by atoms with van der Waals surface area (Å²) in [6, 6.07) is 4.52. The van der Waals surface area contributed by atoms with Gasteiger partial charge in [0.2, 0.25) is 0 Å². The molecule has 0 unspecified atom stereocenters. The van der Waals surface area contributed by atoms with E-state index in [1.165, 1.54) is 12.1 Å². The van der Waals surface area contributed by atoms with E-state index < -0.39 is 10.5 Å². The largest absolute Gasteiger partial charge is 0.502 e. The summed E-state index contributed by atoms with van der Waals surface area (Å²) in [6.45, 7) is 8.74. The zero-order valence-corrected chi connectivity index (χ0v) is 16.8. The molecule has 1 N–H and O–H groups in total. The van der Waals surface area contributed by atoms with Crippen LogP contribution in [0.5, 0.6) is 5.75 Å². The molecule has 8 nitrogen and oxygen atoms in total. The topological polar surface area (TPSA) is 96.2 Å². The van der Waals surface area contributed by atoms with E-state index in [9.17, 15) is 20.0 Å². The molecule has 2 saturated heterocycles. The number of phenols is 1. The molecule has 0 bridgehead atoms. The van der Waals surface area contributed by atoms with E-state index in [-0.39, 0.29) is 22.9 Å². The predicted octanol–water partition coefficient (Wildman–Crippen LogP) is 3.92. The third-order valence-electron chi connectivity index (χ3n) is 5.82. The van der Waals surface area contributed by atoms with Crippen molar-refractivity contribution in [1.82, 2.24) is 4.90 Å². The van der Waals surface area contributed by atoms with Crippen LogP contribution >= 0.6 is 0 Å². The van der Waals surface area contributed by atoms with E-state index in [2.05, 4.69) is 4.90 Å². The molecule has 2 aliphatic heterocycles. The lowest BCUT2D eigenvalue weighted by Gasteiger charge is -2.47. The lowest BCUT2D eigenvalue weighted by Crippen LogP contribution is -2.49. The van der Waals surface area contributed by atoms with Gasteiger partial charge in [-0.2, -0.15) is 0 Å². The molecular formula is C20H29N3O5. The number of amides is 1. The maximum atomic E-state index is 12.3. The fourth-order valence-electron chi connectivity index (χ4n) is 4.09. The molecule has 1 aromatic rings. The van der Waals surface area contributed by atoms with Crippen molar-refractivity contribution in [3.63, 3.8) is 0 Å². The fraction of sp³-hybridized carbons (Fsp3) is 0.650. The third-order valence-corrected chi connectivity index (χ3v) is 5.82. The molecule has 1 amide bonds. The number of hydrogen-bond acceptors (Lipinski definition) is 6. The first-order valence-corrected chi connectivity index (χ1v) is 9.79. The Hall–Kier alpha value is -2.51. The molecule has 0 aromatic heterocycles. The molecule has 2 aliphatic rings. The molecule has 0 radical (unpaired) electrons. The number of benzene rings is 1. The van der Waals surface area contributed by atoms with Gasteiger partial charge in [-0.1, -0.05) is 0 Å². The number of carbonyl (C=O) groups is 1. The summed E-state index contributed by atoms with van der Waals surface area (Å²) in [4.78, 5) is 26.5. The second kappa shape index (κ2) is 7.48. The number of rotatable bonds is 2. The van der Waals surface area contributed by atoms with Crippen LogP contribution < -0.4 is 4.90 Å². The Morgan fingerprint density at radius 3 is 2.21 bits per heavy atom. The summed E-state index contributed by atoms with van der Waals surface area (Å²) in [6.07, 6.45) is 3.71. The summed E-state index contributed by atoms with van der Waals surface area (Å²) in [5, 5.41) is 20.7. The van der Waals surface area contributed by atoms with Gasteiger partial charge in [-0.05, 0) is 57.9 Å². The number of nitrogens with zero attached hydrogens (tertiary/aromatic N) is 3. The molecule has 2 heterocycles. The molecule has 3 rings (SSSR count). The van der Waals surface area contributed by atoms with E-state index in [0.29, 0.717) is 13.1 Å². The molecule has 0 saturated carbocycles. The van der Waals surface area contributed by atoms with Crippen molar-refractivity contribution in [2.75, 3.05) is 31.1 Å². The highest BCUT2D eigenvalue weighted by Crippen LogP contribution is 2.43. The number of nitro groups is 1. The van der Waals surface area contributed by atoms with Gasteiger partial charge in [0.15, 0.2) is 5.75 Å². The molecule has 154 valence electrons. The Balaban J connectivity index is 1.55. The number of hydrogen-bond donors (Lipinski definition) is 1. The maximum Gasteiger partial charge on any atom is 0.410 e. The molecule has 1 aromatic carbocycles. The number of aromatic hydroxyl groups is 1. The smallest absolute Gasteiger partial charge is 0.410 e. The van der Waals surface area contributed by atoms with E-state index in [0.717, 1.165) is 44.5 Å². The zero-order chi connectivity index (χ0) is 20.5.